The first-order chi connectivity index (χ1) is 25.2. The van der Waals surface area contributed by atoms with E-state index in [2.05, 4.69) is 201 Å². The van der Waals surface area contributed by atoms with Gasteiger partial charge in [-0.05, 0) is 87.3 Å². The van der Waals surface area contributed by atoms with Gasteiger partial charge in [-0.15, -0.1) is 0 Å². The summed E-state index contributed by atoms with van der Waals surface area (Å²) in [5.74, 6) is 0.154. The van der Waals surface area contributed by atoms with Crippen LogP contribution in [0.25, 0.3) is 77.3 Å². The summed E-state index contributed by atoms with van der Waals surface area (Å²) in [6.45, 7) is 2.43. The molecule has 10 rings (SSSR count). The summed E-state index contributed by atoms with van der Waals surface area (Å²) < 4.78 is 0. The van der Waals surface area contributed by atoms with E-state index in [4.69, 9.17) is 0 Å². The van der Waals surface area contributed by atoms with E-state index in [0.717, 1.165) is 0 Å². The topological polar surface area (TPSA) is 0 Å². The van der Waals surface area contributed by atoms with E-state index in [9.17, 15) is 0 Å². The maximum Gasteiger partial charge on any atom is 0.0217 e. The first kappa shape index (κ1) is 29.7. The second-order valence-corrected chi connectivity index (χ2v) is 14.1. The summed E-state index contributed by atoms with van der Waals surface area (Å²) in [4.78, 5) is 0. The van der Waals surface area contributed by atoms with Gasteiger partial charge in [-0.2, -0.15) is 0 Å². The fraction of sp³-hybridized carbons (Fsp3) is 0.0588. The zero-order valence-electron chi connectivity index (χ0n) is 28.6. The molecule has 0 nitrogen and oxygen atoms in total. The first-order valence-electron chi connectivity index (χ1n) is 18.0. The highest BCUT2D eigenvalue weighted by Gasteiger charge is 2.39. The molecule has 0 aromatic heterocycles. The van der Waals surface area contributed by atoms with Crippen molar-refractivity contribution in [2.24, 2.45) is 5.41 Å². The van der Waals surface area contributed by atoms with E-state index in [1.54, 1.807) is 0 Å². The maximum atomic E-state index is 2.53. The lowest BCUT2D eigenvalue weighted by Gasteiger charge is -2.40. The molecule has 0 heteroatoms. The minimum atomic E-state index is -0.184. The van der Waals surface area contributed by atoms with Gasteiger partial charge in [0.1, 0.15) is 0 Å². The molecule has 0 bridgehead atoms. The molecule has 2 unspecified atom stereocenters. The van der Waals surface area contributed by atoms with E-state index in [1.807, 2.05) is 0 Å². The molecule has 0 radical (unpaired) electrons. The highest BCUT2D eigenvalue weighted by molar-refractivity contribution is 6.20. The van der Waals surface area contributed by atoms with Crippen LogP contribution in [0.5, 0.6) is 0 Å². The van der Waals surface area contributed by atoms with E-state index >= 15 is 0 Å². The number of rotatable bonds is 4. The summed E-state index contributed by atoms with van der Waals surface area (Å²) in [6, 6.07) is 60.4. The summed E-state index contributed by atoms with van der Waals surface area (Å²) in [6.07, 6.45) is 11.7. The van der Waals surface area contributed by atoms with E-state index in [0.29, 0.717) is 0 Å². The Morgan fingerprint density at radius 3 is 1.71 bits per heavy atom. The van der Waals surface area contributed by atoms with Gasteiger partial charge in [-0.3, -0.25) is 0 Å². The number of fused-ring (bicyclic) bond motifs is 5. The van der Waals surface area contributed by atoms with Gasteiger partial charge in [-0.25, -0.2) is 0 Å². The van der Waals surface area contributed by atoms with Crippen LogP contribution in [0.15, 0.2) is 188 Å². The van der Waals surface area contributed by atoms with Gasteiger partial charge in [0.2, 0.25) is 0 Å². The van der Waals surface area contributed by atoms with Crippen LogP contribution in [0.3, 0.4) is 0 Å². The Morgan fingerprint density at radius 2 is 0.980 bits per heavy atom. The van der Waals surface area contributed by atoms with Crippen LogP contribution in [0.2, 0.25) is 0 Å². The Balaban J connectivity index is 1.26. The molecule has 0 spiro atoms. The van der Waals surface area contributed by atoms with Gasteiger partial charge in [-0.1, -0.05) is 201 Å². The molecule has 0 heterocycles. The molecule has 8 aromatic carbocycles. The van der Waals surface area contributed by atoms with Crippen molar-refractivity contribution >= 4 is 44.0 Å². The Labute approximate surface area is 298 Å². The highest BCUT2D eigenvalue weighted by atomic mass is 14.4. The third-order valence-electron chi connectivity index (χ3n) is 11.4. The van der Waals surface area contributed by atoms with Crippen LogP contribution in [-0.2, 0) is 0 Å². The highest BCUT2D eigenvalue weighted by Crippen LogP contribution is 2.53. The quantitative estimate of drug-likeness (QED) is 0.167. The average Bonchev–Trinajstić information content (AvgIpc) is 3.20. The fourth-order valence-corrected chi connectivity index (χ4v) is 9.08. The lowest BCUT2D eigenvalue weighted by Crippen LogP contribution is -2.40. The van der Waals surface area contributed by atoms with Gasteiger partial charge >= 0.3 is 0 Å². The fourth-order valence-electron chi connectivity index (χ4n) is 9.08. The van der Waals surface area contributed by atoms with Crippen molar-refractivity contribution in [3.05, 3.63) is 204 Å². The van der Waals surface area contributed by atoms with Crippen molar-refractivity contribution in [3.8, 4) is 33.4 Å². The predicted octanol–water partition coefficient (Wildman–Crippen LogP) is 12.0. The SMILES string of the molecule is CC12C=CC=CC1=c1ccccc1=CC2c1c2ccccc2c(-c2ccc(-c3ccccc3-c3ccccc3)c3ccccc23)c2ccccc12. The van der Waals surface area contributed by atoms with E-state index in [-0.39, 0.29) is 11.3 Å². The largest absolute Gasteiger partial charge is 0.0733 e. The van der Waals surface area contributed by atoms with Crippen LogP contribution in [0, 0.1) is 5.41 Å². The Hall–Kier alpha value is -6.24. The molecular formula is C51H36. The zero-order chi connectivity index (χ0) is 33.9. The molecule has 0 fully saturated rings. The van der Waals surface area contributed by atoms with Gasteiger partial charge < -0.3 is 0 Å². The van der Waals surface area contributed by atoms with Crippen molar-refractivity contribution in [1.29, 1.82) is 0 Å². The number of allylic oxidation sites excluding steroid dienone is 4. The lowest BCUT2D eigenvalue weighted by molar-refractivity contribution is 0.523. The van der Waals surface area contributed by atoms with Crippen LogP contribution < -0.4 is 10.4 Å². The summed E-state index contributed by atoms with van der Waals surface area (Å²) in [5, 5.41) is 10.4. The molecular weight excluding hydrogens is 613 g/mol. The minimum absolute atomic E-state index is 0.154. The molecule has 8 aromatic rings. The summed E-state index contributed by atoms with van der Waals surface area (Å²) >= 11 is 0. The molecule has 2 aliphatic rings. The molecule has 240 valence electrons. The third-order valence-corrected chi connectivity index (χ3v) is 11.4. The number of benzene rings is 8. The zero-order valence-corrected chi connectivity index (χ0v) is 28.6. The number of hydrogen-bond donors (Lipinski definition) is 0. The molecule has 0 amide bonds. The maximum absolute atomic E-state index is 2.53. The third kappa shape index (κ3) is 4.53. The molecule has 2 atom stereocenters. The second-order valence-electron chi connectivity index (χ2n) is 14.1. The predicted molar refractivity (Wildman–Crippen MR) is 218 cm³/mol. The Kier molecular flexibility index (Phi) is 6.79. The standard InChI is InChI=1S/C51H36/c1-51-32-16-15-29-47(51)37-21-6-5-19-35(37)33-48(51)50-44-27-13-11-25-42(44)49(43-26-12-14-28-45(43)50)46-31-30-41(39-23-9-10-24-40(39)46)38-22-8-7-20-36(38)34-17-3-2-4-18-34/h2-33,48H,1H3. The molecule has 51 heavy (non-hydrogen) atoms. The van der Waals surface area contributed by atoms with Crippen molar-refractivity contribution in [3.63, 3.8) is 0 Å². The molecule has 0 saturated carbocycles. The van der Waals surface area contributed by atoms with Gasteiger partial charge in [0.15, 0.2) is 0 Å². The minimum Gasteiger partial charge on any atom is -0.0733 e. The van der Waals surface area contributed by atoms with E-state index < -0.39 is 0 Å². The van der Waals surface area contributed by atoms with Gasteiger partial charge in [0.05, 0.1) is 0 Å². The molecule has 0 N–H and O–H groups in total. The van der Waals surface area contributed by atoms with Crippen LogP contribution in [0.1, 0.15) is 18.4 Å². The van der Waals surface area contributed by atoms with Crippen LogP contribution >= 0.6 is 0 Å². The molecule has 2 aliphatic carbocycles. The van der Waals surface area contributed by atoms with Crippen molar-refractivity contribution in [2.75, 3.05) is 0 Å². The van der Waals surface area contributed by atoms with Gasteiger partial charge in [0, 0.05) is 11.3 Å². The van der Waals surface area contributed by atoms with Crippen molar-refractivity contribution < 1.29 is 0 Å². The lowest BCUT2D eigenvalue weighted by atomic mass is 9.62. The molecule has 0 saturated heterocycles. The van der Waals surface area contributed by atoms with Crippen molar-refractivity contribution in [2.45, 2.75) is 12.8 Å². The monoisotopic (exact) mass is 648 g/mol. The smallest absolute Gasteiger partial charge is 0.0217 e. The average molecular weight is 649 g/mol. The molecule has 0 aliphatic heterocycles. The first-order valence-corrected chi connectivity index (χ1v) is 18.0. The van der Waals surface area contributed by atoms with Crippen molar-refractivity contribution in [1.82, 2.24) is 0 Å². The van der Waals surface area contributed by atoms with E-state index in [1.165, 1.54) is 87.3 Å². The van der Waals surface area contributed by atoms with Crippen LogP contribution in [-0.4, -0.2) is 0 Å². The number of hydrogen-bond acceptors (Lipinski definition) is 0. The summed E-state index contributed by atoms with van der Waals surface area (Å²) in [5.41, 5.74) is 10.2. The Bertz CT molecular complexity index is 2810. The second kappa shape index (κ2) is 11.7. The van der Waals surface area contributed by atoms with Gasteiger partial charge in [0.25, 0.3) is 0 Å². The summed E-state index contributed by atoms with van der Waals surface area (Å²) in [7, 11) is 0. The Morgan fingerprint density at radius 1 is 0.431 bits per heavy atom. The van der Waals surface area contributed by atoms with Crippen LogP contribution in [0.4, 0.5) is 0 Å². The normalized spacial score (nSPS) is 17.7.